The quantitative estimate of drug-likeness (QED) is 0.745. The lowest BCUT2D eigenvalue weighted by molar-refractivity contribution is 0.305. The van der Waals surface area contributed by atoms with Crippen molar-refractivity contribution in [3.8, 4) is 0 Å². The molecule has 2 atom stereocenters. The van der Waals surface area contributed by atoms with E-state index in [0.29, 0.717) is 0 Å². The van der Waals surface area contributed by atoms with Gasteiger partial charge in [0.15, 0.2) is 5.82 Å². The molecule has 0 spiro atoms. The number of aromatic nitrogens is 4. The summed E-state index contributed by atoms with van der Waals surface area (Å²) in [6, 6.07) is 0.162. The van der Waals surface area contributed by atoms with Crippen LogP contribution in [0.1, 0.15) is 46.4 Å². The fourth-order valence-corrected chi connectivity index (χ4v) is 1.80. The molecule has 1 aromatic heterocycles. The number of hydrogen-bond donors (Lipinski definition) is 1. The van der Waals surface area contributed by atoms with E-state index in [0.717, 1.165) is 5.82 Å². The van der Waals surface area contributed by atoms with Gasteiger partial charge in [-0.1, -0.05) is 13.8 Å². The van der Waals surface area contributed by atoms with Crippen LogP contribution in [0.2, 0.25) is 0 Å². The maximum atomic E-state index is 5.98. The van der Waals surface area contributed by atoms with Crippen molar-refractivity contribution in [3.05, 3.63) is 5.82 Å². The first-order chi connectivity index (χ1) is 6.74. The van der Waals surface area contributed by atoms with Crippen molar-refractivity contribution < 1.29 is 0 Å². The van der Waals surface area contributed by atoms with E-state index >= 15 is 0 Å². The summed E-state index contributed by atoms with van der Waals surface area (Å²) in [5.74, 6) is 1.04. The van der Waals surface area contributed by atoms with Crippen molar-refractivity contribution in [2.24, 2.45) is 11.1 Å². The first-order valence-electron chi connectivity index (χ1n) is 5.30. The molecule has 1 heterocycles. The molecule has 1 fully saturated rings. The minimum absolute atomic E-state index is 0.117. The highest BCUT2D eigenvalue weighted by Crippen LogP contribution is 2.56. The van der Waals surface area contributed by atoms with Crippen molar-refractivity contribution >= 4 is 0 Å². The molecule has 84 valence electrons. The van der Waals surface area contributed by atoms with Gasteiger partial charge in [-0.25, -0.2) is 0 Å². The fourth-order valence-electron chi connectivity index (χ4n) is 1.80. The molecule has 1 aromatic rings. The number of tetrazole rings is 1. The Morgan fingerprint density at radius 2 is 1.87 bits per heavy atom. The lowest BCUT2D eigenvalue weighted by atomic mass is 10.1. The van der Waals surface area contributed by atoms with Crippen LogP contribution >= 0.6 is 0 Å². The molecule has 2 N–H and O–H groups in total. The molecule has 0 amide bonds. The molecule has 0 aromatic carbocycles. The zero-order valence-corrected chi connectivity index (χ0v) is 10.0. The highest BCUT2D eigenvalue weighted by Gasteiger charge is 2.58. The summed E-state index contributed by atoms with van der Waals surface area (Å²) in [6.07, 6.45) is 0. The Morgan fingerprint density at radius 3 is 2.20 bits per heavy atom. The van der Waals surface area contributed by atoms with Gasteiger partial charge in [0.05, 0.1) is 5.54 Å². The molecule has 2 rings (SSSR count). The minimum atomic E-state index is -0.117. The molecule has 1 saturated carbocycles. The first-order valence-corrected chi connectivity index (χ1v) is 5.30. The van der Waals surface area contributed by atoms with E-state index in [9.17, 15) is 0 Å². The summed E-state index contributed by atoms with van der Waals surface area (Å²) >= 11 is 0. The van der Waals surface area contributed by atoms with Gasteiger partial charge in [0.2, 0.25) is 0 Å². The standard InChI is InChI=1S/C10H19N5/c1-9(2,3)15-13-8(12-14-15)6-7(11)10(6,4)5/h6-7H,11H2,1-5H3/t6-,7+/m0/s1. The van der Waals surface area contributed by atoms with Crippen LogP contribution in [0, 0.1) is 5.41 Å². The molecule has 1 aliphatic carbocycles. The second-order valence-electron chi connectivity index (χ2n) is 5.93. The van der Waals surface area contributed by atoms with Gasteiger partial charge in [-0.3, -0.25) is 0 Å². The van der Waals surface area contributed by atoms with Crippen LogP contribution < -0.4 is 5.73 Å². The molecular formula is C10H19N5. The van der Waals surface area contributed by atoms with Crippen LogP contribution in [0.3, 0.4) is 0 Å². The smallest absolute Gasteiger partial charge is 0.180 e. The average molecular weight is 209 g/mol. The van der Waals surface area contributed by atoms with Crippen LogP contribution in [-0.2, 0) is 5.54 Å². The Kier molecular flexibility index (Phi) is 1.96. The van der Waals surface area contributed by atoms with Gasteiger partial charge >= 0.3 is 0 Å². The molecule has 1 aliphatic rings. The zero-order chi connectivity index (χ0) is 11.4. The second-order valence-corrected chi connectivity index (χ2v) is 5.93. The minimum Gasteiger partial charge on any atom is -0.327 e. The Labute approximate surface area is 90.0 Å². The SMILES string of the molecule is CC1(C)[C@H](N)[C@H]1c1nnn(C(C)(C)C)n1. The summed E-state index contributed by atoms with van der Waals surface area (Å²) in [6.45, 7) is 10.4. The van der Waals surface area contributed by atoms with Crippen LogP contribution in [0.15, 0.2) is 0 Å². The predicted octanol–water partition coefficient (Wildman–Crippen LogP) is 0.879. The third-order valence-corrected chi connectivity index (χ3v) is 3.22. The Hall–Kier alpha value is -0.970. The van der Waals surface area contributed by atoms with Gasteiger partial charge in [0.25, 0.3) is 0 Å². The summed E-state index contributed by atoms with van der Waals surface area (Å²) in [7, 11) is 0. The van der Waals surface area contributed by atoms with Gasteiger partial charge in [-0.05, 0) is 31.4 Å². The van der Waals surface area contributed by atoms with E-state index in [1.807, 2.05) is 0 Å². The number of nitrogens with zero attached hydrogens (tertiary/aromatic N) is 4. The molecule has 0 aliphatic heterocycles. The molecule has 0 saturated heterocycles. The Bertz CT molecular complexity index is 373. The molecule has 0 radical (unpaired) electrons. The normalized spacial score (nSPS) is 29.2. The van der Waals surface area contributed by atoms with Gasteiger partial charge in [0, 0.05) is 12.0 Å². The first kappa shape index (κ1) is 10.5. The van der Waals surface area contributed by atoms with Crippen molar-refractivity contribution in [1.82, 2.24) is 20.2 Å². The maximum Gasteiger partial charge on any atom is 0.180 e. The monoisotopic (exact) mass is 209 g/mol. The van der Waals surface area contributed by atoms with Gasteiger partial charge in [0.1, 0.15) is 0 Å². The Morgan fingerprint density at radius 1 is 1.33 bits per heavy atom. The van der Waals surface area contributed by atoms with Gasteiger partial charge in [-0.2, -0.15) is 4.80 Å². The average Bonchev–Trinajstić information content (AvgIpc) is 2.53. The summed E-state index contributed by atoms with van der Waals surface area (Å²) in [4.78, 5) is 1.66. The van der Waals surface area contributed by atoms with Gasteiger partial charge < -0.3 is 5.73 Å². The molecule has 5 heteroatoms. The second kappa shape index (κ2) is 2.78. The molecule has 5 nitrogen and oxygen atoms in total. The third-order valence-electron chi connectivity index (χ3n) is 3.22. The zero-order valence-electron chi connectivity index (χ0n) is 10.0. The van der Waals surface area contributed by atoms with E-state index in [4.69, 9.17) is 5.73 Å². The maximum absolute atomic E-state index is 5.98. The van der Waals surface area contributed by atoms with E-state index in [1.54, 1.807) is 4.80 Å². The van der Waals surface area contributed by atoms with Crippen molar-refractivity contribution in [3.63, 3.8) is 0 Å². The molecule has 0 unspecified atom stereocenters. The largest absolute Gasteiger partial charge is 0.327 e. The van der Waals surface area contributed by atoms with Crippen molar-refractivity contribution in [1.29, 1.82) is 0 Å². The molecular weight excluding hydrogens is 190 g/mol. The lowest BCUT2D eigenvalue weighted by Gasteiger charge is -2.15. The van der Waals surface area contributed by atoms with Gasteiger partial charge in [-0.15, -0.1) is 10.2 Å². The topological polar surface area (TPSA) is 69.6 Å². The summed E-state index contributed by atoms with van der Waals surface area (Å²) in [5.41, 5.74) is 5.98. The number of nitrogens with two attached hydrogens (primary N) is 1. The number of rotatable bonds is 1. The molecule has 0 bridgehead atoms. The summed E-state index contributed by atoms with van der Waals surface area (Å²) < 4.78 is 0. The van der Waals surface area contributed by atoms with Crippen LogP contribution in [-0.4, -0.2) is 26.2 Å². The number of hydrogen-bond acceptors (Lipinski definition) is 4. The Balaban J connectivity index is 2.23. The third kappa shape index (κ3) is 1.55. The lowest BCUT2D eigenvalue weighted by Crippen LogP contribution is -2.24. The van der Waals surface area contributed by atoms with E-state index in [-0.39, 0.29) is 22.9 Å². The van der Waals surface area contributed by atoms with E-state index in [1.165, 1.54) is 0 Å². The van der Waals surface area contributed by atoms with Crippen molar-refractivity contribution in [2.75, 3.05) is 0 Å². The highest BCUT2D eigenvalue weighted by atomic mass is 15.6. The van der Waals surface area contributed by atoms with Crippen LogP contribution in [0.4, 0.5) is 0 Å². The molecule has 15 heavy (non-hydrogen) atoms. The summed E-state index contributed by atoms with van der Waals surface area (Å²) in [5, 5.41) is 12.6. The fraction of sp³-hybridized carbons (Fsp3) is 0.900. The van der Waals surface area contributed by atoms with Crippen molar-refractivity contribution in [2.45, 2.75) is 52.1 Å². The van der Waals surface area contributed by atoms with Crippen LogP contribution in [0.25, 0.3) is 0 Å². The highest BCUT2D eigenvalue weighted by molar-refractivity contribution is 5.23. The van der Waals surface area contributed by atoms with E-state index in [2.05, 4.69) is 50.0 Å². The van der Waals surface area contributed by atoms with Crippen LogP contribution in [0.5, 0.6) is 0 Å². The van der Waals surface area contributed by atoms with E-state index < -0.39 is 0 Å². The predicted molar refractivity (Wildman–Crippen MR) is 57.3 cm³/mol.